The molecule has 20 nitrogen and oxygen atoms in total. The molecule has 0 aromatic heterocycles. The van der Waals surface area contributed by atoms with Crippen molar-refractivity contribution in [1.29, 1.82) is 0 Å². The summed E-state index contributed by atoms with van der Waals surface area (Å²) in [5, 5.41) is 24.0. The summed E-state index contributed by atoms with van der Waals surface area (Å²) in [4.78, 5) is 117. The topological polar surface area (TPSA) is 309 Å². The van der Waals surface area contributed by atoms with E-state index in [0.29, 0.717) is 51.8 Å². The highest BCUT2D eigenvalue weighted by molar-refractivity contribution is 6.13. The summed E-state index contributed by atoms with van der Waals surface area (Å²) in [6.07, 6.45) is 12.5. The van der Waals surface area contributed by atoms with Gasteiger partial charge in [-0.1, -0.05) is 19.3 Å². The maximum Gasteiger partial charge on any atom is 0.338 e. The number of halogens is 5. The molecule has 4 rings (SSSR count). The van der Waals surface area contributed by atoms with Crippen molar-refractivity contribution in [3.8, 4) is 5.75 Å². The van der Waals surface area contributed by atoms with E-state index in [0.717, 1.165) is 55.4 Å². The molecule has 5 N–H and O–H groups in total. The Morgan fingerprint density at radius 2 is 0.896 bits per heavy atom. The number of hydrogen-bond donors (Lipinski definition) is 4. The minimum absolute atomic E-state index is 0.136. The first-order chi connectivity index (χ1) is 31.4. The maximum absolute atomic E-state index is 13.4. The first-order valence-electron chi connectivity index (χ1n) is 20.1. The average Bonchev–Trinajstić information content (AvgIpc) is 3.91. The molecule has 372 valence electrons. The van der Waals surface area contributed by atoms with Gasteiger partial charge in [0.25, 0.3) is 29.6 Å². The molecular weight excluding hydrogens is 913 g/mol. The molecule has 0 aliphatic carbocycles. The van der Waals surface area contributed by atoms with Crippen molar-refractivity contribution >= 4 is 65.4 Å². The molecule has 25 heteroatoms. The molecule has 0 bridgehead atoms. The molecule has 0 fully saturated rings. The summed E-state index contributed by atoms with van der Waals surface area (Å²) < 4.78 is 78.3. The van der Waals surface area contributed by atoms with Gasteiger partial charge in [0.2, 0.25) is 34.8 Å². The number of cyclic esters (lactones) is 2. The number of aliphatic carboxylic acids is 3. The minimum Gasteiger partial charge on any atom is -0.481 e. The highest BCUT2D eigenvalue weighted by atomic mass is 19.2. The monoisotopic (exact) mass is 965 g/mol. The number of esters is 4. The van der Waals surface area contributed by atoms with Gasteiger partial charge in [-0.25, -0.2) is 22.8 Å². The number of amides is 4. The first kappa shape index (κ1) is 61.9. The molecule has 0 atom stereocenters. The zero-order valence-corrected chi connectivity index (χ0v) is 36.7. The highest BCUT2D eigenvalue weighted by Crippen LogP contribution is 2.29. The van der Waals surface area contributed by atoms with Crippen LogP contribution < -0.4 is 10.5 Å². The van der Waals surface area contributed by atoms with E-state index in [4.69, 9.17) is 25.8 Å². The second kappa shape index (κ2) is 35.1. The molecule has 1 aromatic carbocycles. The number of carboxylic acids is 3. The van der Waals surface area contributed by atoms with Crippen molar-refractivity contribution in [2.75, 3.05) is 26.2 Å². The molecule has 0 spiro atoms. The van der Waals surface area contributed by atoms with E-state index in [-0.39, 0.29) is 50.0 Å². The van der Waals surface area contributed by atoms with Crippen LogP contribution in [0.25, 0.3) is 0 Å². The van der Waals surface area contributed by atoms with Crippen LogP contribution in [0, 0.1) is 29.1 Å². The molecule has 3 aliphatic rings. The van der Waals surface area contributed by atoms with E-state index in [9.17, 15) is 69.9 Å². The summed E-state index contributed by atoms with van der Waals surface area (Å²) >= 11 is 0. The van der Waals surface area contributed by atoms with Crippen LogP contribution in [0.1, 0.15) is 97.8 Å². The number of rotatable bonds is 19. The van der Waals surface area contributed by atoms with Crippen LogP contribution >= 0.6 is 0 Å². The Balaban J connectivity index is 0. The Labute approximate surface area is 380 Å². The Morgan fingerprint density at radius 1 is 0.552 bits per heavy atom. The van der Waals surface area contributed by atoms with Gasteiger partial charge in [-0.2, -0.15) is 8.78 Å². The lowest BCUT2D eigenvalue weighted by atomic mass is 10.2. The van der Waals surface area contributed by atoms with E-state index in [2.05, 4.69) is 14.2 Å². The van der Waals surface area contributed by atoms with Crippen LogP contribution in [-0.2, 0) is 62.2 Å². The largest absolute Gasteiger partial charge is 0.481 e. The van der Waals surface area contributed by atoms with Gasteiger partial charge in [-0.3, -0.25) is 53.0 Å². The normalized spacial score (nSPS) is 12.9. The Bertz CT molecular complexity index is 1920. The number of carbonyl (C=O) groups excluding carboxylic acids is 8. The third-order valence-corrected chi connectivity index (χ3v) is 7.72. The number of carboxylic acid groups (broad SMARTS) is 3. The Hall–Kier alpha value is -7.18. The Morgan fingerprint density at radius 3 is 1.18 bits per heavy atom. The van der Waals surface area contributed by atoms with Gasteiger partial charge in [0, 0.05) is 82.7 Å². The summed E-state index contributed by atoms with van der Waals surface area (Å²) in [7, 11) is 0. The molecule has 3 heterocycles. The van der Waals surface area contributed by atoms with Crippen molar-refractivity contribution in [2.24, 2.45) is 5.73 Å². The number of nitrogens with two attached hydrogens (primary N) is 1. The second-order valence-electron chi connectivity index (χ2n) is 13.2. The lowest BCUT2D eigenvalue weighted by Crippen LogP contribution is -2.30. The number of hydrogen-bond acceptors (Lipinski definition) is 15. The van der Waals surface area contributed by atoms with E-state index in [1.165, 1.54) is 24.0 Å². The Kier molecular flexibility index (Phi) is 32.5. The highest BCUT2D eigenvalue weighted by Gasteiger charge is 2.29. The fraction of sp³-hybridized carbons (Fsp3) is 0.452. The number of imide groups is 2. The molecule has 0 saturated carbocycles. The van der Waals surface area contributed by atoms with E-state index >= 15 is 0 Å². The lowest BCUT2D eigenvalue weighted by molar-refractivity contribution is -0.150. The van der Waals surface area contributed by atoms with Crippen LogP contribution in [0.4, 0.5) is 22.0 Å². The molecule has 0 radical (unpaired) electrons. The molecular formula is C42H52F5N3O17. The fourth-order valence-corrected chi connectivity index (χ4v) is 4.69. The first-order valence-corrected chi connectivity index (χ1v) is 20.1. The van der Waals surface area contributed by atoms with Crippen LogP contribution in [0.15, 0.2) is 36.5 Å². The zero-order valence-electron chi connectivity index (χ0n) is 36.7. The van der Waals surface area contributed by atoms with Gasteiger partial charge < -0.3 is 35.3 Å². The summed E-state index contributed by atoms with van der Waals surface area (Å²) in [6.45, 7) is 5.92. The van der Waals surface area contributed by atoms with E-state index in [1.807, 2.05) is 0 Å². The van der Waals surface area contributed by atoms with Crippen molar-refractivity contribution in [2.45, 2.75) is 97.8 Å². The quantitative estimate of drug-likeness (QED) is 0.0221. The third-order valence-electron chi connectivity index (χ3n) is 7.72. The minimum atomic E-state index is -2.35. The van der Waals surface area contributed by atoms with Gasteiger partial charge >= 0.3 is 35.8 Å². The van der Waals surface area contributed by atoms with Gasteiger partial charge in [0.1, 0.15) is 0 Å². The van der Waals surface area contributed by atoms with E-state index < -0.39 is 82.5 Å². The number of benzene rings is 1. The van der Waals surface area contributed by atoms with Crippen LogP contribution in [-0.4, -0.2) is 117 Å². The number of nitrogens with zero attached hydrogens (tertiary/aromatic N) is 2. The van der Waals surface area contributed by atoms with Crippen LogP contribution in [0.2, 0.25) is 0 Å². The average molecular weight is 966 g/mol. The standard InChI is InChI=1S/C16H12F5NO4.C10H13NO4.C6H13NO2.C4H2O3.C4H8O2.C2H4O2/c17-11-12(18)14(20)16(15(21)13(11)19)26-10(25)4-2-1-3-7-22-8(23)5-6-9(22)24;12-8-5-6-9(13)11(8)7-3-1-2-4-10(14)15;7-5-3-1-2-4-6(8)9;5-3-1-2-4(6)7-3;1-3-6-4(2)5;1-2(3)4/h5-6H,1-4,7H2;5-6H,1-4,7H2,(H,14,15);1-5,7H2,(H,8,9);1-2H;3H2,1-2H3;1H3,(H,3,4). The van der Waals surface area contributed by atoms with Gasteiger partial charge in [-0.05, 0) is 52.0 Å². The predicted octanol–water partition coefficient (Wildman–Crippen LogP) is 4.21. The van der Waals surface area contributed by atoms with Crippen molar-refractivity contribution in [3.63, 3.8) is 0 Å². The molecule has 1 aromatic rings. The van der Waals surface area contributed by atoms with E-state index in [1.54, 1.807) is 6.92 Å². The van der Waals surface area contributed by atoms with Crippen molar-refractivity contribution < 1.29 is 104 Å². The summed E-state index contributed by atoms with van der Waals surface area (Å²) in [5.41, 5.74) is 5.20. The van der Waals surface area contributed by atoms with Gasteiger partial charge in [-0.15, -0.1) is 0 Å². The molecule has 0 unspecified atom stereocenters. The third kappa shape index (κ3) is 29.1. The molecule has 4 amide bonds. The predicted molar refractivity (Wildman–Crippen MR) is 219 cm³/mol. The SMILES string of the molecule is CC(=O)O.CCOC(C)=O.NCCCCCC(=O)O.O=C(CCCCCN1C(=O)C=CC1=O)Oc1c(F)c(F)c(F)c(F)c1F.O=C(O)CCCCCN1C(=O)C=CC1=O.O=C1C=CC(=O)O1. The molecule has 3 aliphatic heterocycles. The number of carbonyl (C=O) groups is 11. The molecule has 67 heavy (non-hydrogen) atoms. The molecule has 0 saturated heterocycles. The second-order valence-corrected chi connectivity index (χ2v) is 13.2. The van der Waals surface area contributed by atoms with Crippen molar-refractivity contribution in [1.82, 2.24) is 9.80 Å². The summed E-state index contributed by atoms with van der Waals surface area (Å²) in [5.74, 6) is -19.2. The van der Waals surface area contributed by atoms with Gasteiger partial charge in [0.05, 0.1) is 6.61 Å². The zero-order chi connectivity index (χ0) is 51.6. The lowest BCUT2D eigenvalue weighted by Gasteiger charge is -2.13. The fourth-order valence-electron chi connectivity index (χ4n) is 4.69. The maximum atomic E-state index is 13.4. The van der Waals surface area contributed by atoms with Crippen LogP contribution in [0.3, 0.4) is 0 Å². The summed E-state index contributed by atoms with van der Waals surface area (Å²) in [6, 6.07) is 0. The smallest absolute Gasteiger partial charge is 0.338 e. The number of unbranched alkanes of at least 4 members (excludes halogenated alkanes) is 6. The number of ether oxygens (including phenoxy) is 3. The van der Waals surface area contributed by atoms with Gasteiger partial charge in [0.15, 0.2) is 0 Å². The van der Waals surface area contributed by atoms with Crippen LogP contribution in [0.5, 0.6) is 5.75 Å². The van der Waals surface area contributed by atoms with Crippen molar-refractivity contribution in [3.05, 3.63) is 65.5 Å².